The van der Waals surface area contributed by atoms with Gasteiger partial charge in [-0.3, -0.25) is 4.79 Å². The molecule has 0 saturated heterocycles. The second-order valence-electron chi connectivity index (χ2n) is 4.43. The summed E-state index contributed by atoms with van der Waals surface area (Å²) < 4.78 is 0. The van der Waals surface area contributed by atoms with E-state index in [-0.39, 0.29) is 5.91 Å². The van der Waals surface area contributed by atoms with Crippen molar-refractivity contribution in [3.8, 4) is 0 Å². The summed E-state index contributed by atoms with van der Waals surface area (Å²) in [6.07, 6.45) is 2.03. The van der Waals surface area contributed by atoms with Gasteiger partial charge >= 0.3 is 0 Å². The van der Waals surface area contributed by atoms with Gasteiger partial charge in [-0.2, -0.15) is 0 Å². The van der Waals surface area contributed by atoms with Gasteiger partial charge in [0.1, 0.15) is 4.88 Å². The Morgan fingerprint density at radius 2 is 2.06 bits per heavy atom. The van der Waals surface area contributed by atoms with E-state index in [1.807, 2.05) is 0 Å². The van der Waals surface area contributed by atoms with Crippen molar-refractivity contribution in [1.82, 2.24) is 9.88 Å². The zero-order valence-electron chi connectivity index (χ0n) is 10.7. The lowest BCUT2D eigenvalue weighted by atomic mass is 10.1. The highest BCUT2D eigenvalue weighted by atomic mass is 32.1. The summed E-state index contributed by atoms with van der Waals surface area (Å²) in [4.78, 5) is 19.0. The highest BCUT2D eigenvalue weighted by Gasteiger charge is 2.20. The predicted molar refractivity (Wildman–Crippen MR) is 68.2 cm³/mol. The first-order valence-corrected chi connectivity index (χ1v) is 6.50. The number of thiazole rings is 1. The number of amides is 1. The molecule has 0 aliphatic heterocycles. The van der Waals surface area contributed by atoms with Gasteiger partial charge in [-0.15, -0.1) is 11.3 Å². The summed E-state index contributed by atoms with van der Waals surface area (Å²) in [7, 11) is 3.57. The third-order valence-corrected chi connectivity index (χ3v) is 3.43. The normalized spacial score (nSPS) is 10.9. The van der Waals surface area contributed by atoms with Crippen molar-refractivity contribution in [2.24, 2.45) is 0 Å². The van der Waals surface area contributed by atoms with E-state index in [0.29, 0.717) is 5.92 Å². The number of carbonyl (C=O) groups excluding carboxylic acids is 1. The lowest BCUT2D eigenvalue weighted by Crippen LogP contribution is -2.22. The number of hydrogen-bond acceptors (Lipinski definition) is 3. The van der Waals surface area contributed by atoms with Crippen LogP contribution in [-0.2, 0) is 6.42 Å². The molecular weight excluding hydrogens is 220 g/mol. The van der Waals surface area contributed by atoms with Gasteiger partial charge < -0.3 is 4.90 Å². The SMILES string of the molecule is CCCc1nc(C(C)C)c(C(=O)N(C)C)s1. The number of nitrogens with zero attached hydrogens (tertiary/aromatic N) is 2. The van der Waals surface area contributed by atoms with E-state index in [4.69, 9.17) is 0 Å². The van der Waals surface area contributed by atoms with Crippen LogP contribution < -0.4 is 0 Å². The second kappa shape index (κ2) is 5.43. The zero-order valence-corrected chi connectivity index (χ0v) is 11.5. The first-order chi connectivity index (χ1) is 7.47. The van der Waals surface area contributed by atoms with Crippen molar-refractivity contribution in [3.63, 3.8) is 0 Å². The molecule has 90 valence electrons. The van der Waals surface area contributed by atoms with E-state index < -0.39 is 0 Å². The molecule has 0 bridgehead atoms. The second-order valence-corrected chi connectivity index (χ2v) is 5.51. The lowest BCUT2D eigenvalue weighted by Gasteiger charge is -2.10. The Morgan fingerprint density at radius 1 is 1.44 bits per heavy atom. The fourth-order valence-corrected chi connectivity index (χ4v) is 2.79. The van der Waals surface area contributed by atoms with E-state index in [1.165, 1.54) is 0 Å². The maximum absolute atomic E-state index is 12.0. The smallest absolute Gasteiger partial charge is 0.265 e. The van der Waals surface area contributed by atoms with Crippen LogP contribution >= 0.6 is 11.3 Å². The first kappa shape index (κ1) is 13.2. The topological polar surface area (TPSA) is 33.2 Å². The van der Waals surface area contributed by atoms with Crippen LogP contribution in [0.25, 0.3) is 0 Å². The van der Waals surface area contributed by atoms with Gasteiger partial charge in [0, 0.05) is 14.1 Å². The molecule has 0 radical (unpaired) electrons. The van der Waals surface area contributed by atoms with Crippen molar-refractivity contribution in [2.45, 2.75) is 39.5 Å². The molecule has 0 aliphatic rings. The average Bonchev–Trinajstić information content (AvgIpc) is 2.61. The highest BCUT2D eigenvalue weighted by molar-refractivity contribution is 7.13. The standard InChI is InChI=1S/C12H20N2OS/c1-6-7-9-13-10(8(2)3)11(16-9)12(15)14(4)5/h8H,6-7H2,1-5H3. The van der Waals surface area contributed by atoms with Gasteiger partial charge in [0.05, 0.1) is 10.7 Å². The van der Waals surface area contributed by atoms with Gasteiger partial charge in [-0.1, -0.05) is 20.8 Å². The summed E-state index contributed by atoms with van der Waals surface area (Å²) in [6, 6.07) is 0. The fourth-order valence-electron chi connectivity index (χ4n) is 1.45. The van der Waals surface area contributed by atoms with Gasteiger partial charge in [0.2, 0.25) is 0 Å². The molecule has 0 aliphatic carbocycles. The number of aryl methyl sites for hydroxylation is 1. The molecule has 0 saturated carbocycles. The molecule has 0 N–H and O–H groups in total. The van der Waals surface area contributed by atoms with E-state index in [9.17, 15) is 4.79 Å². The highest BCUT2D eigenvalue weighted by Crippen LogP contribution is 2.26. The van der Waals surface area contributed by atoms with Crippen molar-refractivity contribution in [3.05, 3.63) is 15.6 Å². The molecular formula is C12H20N2OS. The summed E-state index contributed by atoms with van der Waals surface area (Å²) >= 11 is 1.55. The predicted octanol–water partition coefficient (Wildman–Crippen LogP) is 2.92. The van der Waals surface area contributed by atoms with Crippen LogP contribution in [0.3, 0.4) is 0 Å². The van der Waals surface area contributed by atoms with Crippen molar-refractivity contribution in [1.29, 1.82) is 0 Å². The quantitative estimate of drug-likeness (QED) is 0.810. The van der Waals surface area contributed by atoms with Crippen molar-refractivity contribution < 1.29 is 4.79 Å². The average molecular weight is 240 g/mol. The molecule has 1 rings (SSSR count). The van der Waals surface area contributed by atoms with Gasteiger partial charge in [0.15, 0.2) is 0 Å². The molecule has 1 heterocycles. The minimum absolute atomic E-state index is 0.0727. The van der Waals surface area contributed by atoms with Crippen LogP contribution in [0.15, 0.2) is 0 Å². The number of carbonyl (C=O) groups is 1. The maximum Gasteiger partial charge on any atom is 0.265 e. The number of hydrogen-bond donors (Lipinski definition) is 0. The third-order valence-electron chi connectivity index (χ3n) is 2.31. The van der Waals surface area contributed by atoms with Crippen LogP contribution in [0.4, 0.5) is 0 Å². The largest absolute Gasteiger partial charge is 0.344 e. The molecule has 0 unspecified atom stereocenters. The summed E-state index contributed by atoms with van der Waals surface area (Å²) in [5.41, 5.74) is 0.951. The van der Waals surface area contributed by atoms with Crippen LogP contribution in [0.1, 0.15) is 53.5 Å². The monoisotopic (exact) mass is 240 g/mol. The Bertz CT molecular complexity index is 369. The third kappa shape index (κ3) is 2.82. The first-order valence-electron chi connectivity index (χ1n) is 5.68. The summed E-state index contributed by atoms with van der Waals surface area (Å²) in [5, 5.41) is 1.08. The lowest BCUT2D eigenvalue weighted by molar-refractivity contribution is 0.0830. The van der Waals surface area contributed by atoms with Crippen LogP contribution in [0.2, 0.25) is 0 Å². The molecule has 1 amide bonds. The van der Waals surface area contributed by atoms with Crippen molar-refractivity contribution >= 4 is 17.2 Å². The Morgan fingerprint density at radius 3 is 2.50 bits per heavy atom. The molecule has 0 spiro atoms. The minimum atomic E-state index is 0.0727. The maximum atomic E-state index is 12.0. The van der Waals surface area contributed by atoms with E-state index >= 15 is 0 Å². The van der Waals surface area contributed by atoms with E-state index in [2.05, 4.69) is 25.8 Å². The van der Waals surface area contributed by atoms with Gasteiger partial charge in [-0.25, -0.2) is 4.98 Å². The fraction of sp³-hybridized carbons (Fsp3) is 0.667. The molecule has 3 nitrogen and oxygen atoms in total. The molecule has 0 atom stereocenters. The Kier molecular flexibility index (Phi) is 4.47. The molecule has 4 heteroatoms. The summed E-state index contributed by atoms with van der Waals surface area (Å²) in [5.74, 6) is 0.379. The van der Waals surface area contributed by atoms with Crippen LogP contribution in [-0.4, -0.2) is 29.9 Å². The molecule has 1 aromatic rings. The zero-order chi connectivity index (χ0) is 12.3. The molecule has 0 aromatic carbocycles. The Hall–Kier alpha value is -0.900. The van der Waals surface area contributed by atoms with Crippen molar-refractivity contribution in [2.75, 3.05) is 14.1 Å². The molecule has 1 aromatic heterocycles. The molecule has 16 heavy (non-hydrogen) atoms. The van der Waals surface area contributed by atoms with Crippen LogP contribution in [0.5, 0.6) is 0 Å². The summed E-state index contributed by atoms with van der Waals surface area (Å²) in [6.45, 7) is 6.29. The Balaban J connectivity index is 3.09. The van der Waals surface area contributed by atoms with Crippen LogP contribution in [0, 0.1) is 0 Å². The Labute approximate surface area is 101 Å². The minimum Gasteiger partial charge on any atom is -0.344 e. The van der Waals surface area contributed by atoms with Gasteiger partial charge in [-0.05, 0) is 18.8 Å². The van der Waals surface area contributed by atoms with E-state index in [1.54, 1.807) is 30.3 Å². The molecule has 0 fully saturated rings. The van der Waals surface area contributed by atoms with Gasteiger partial charge in [0.25, 0.3) is 5.91 Å². The van der Waals surface area contributed by atoms with E-state index in [0.717, 1.165) is 28.4 Å². The number of rotatable bonds is 4. The number of aromatic nitrogens is 1.